The van der Waals surface area contributed by atoms with Crippen molar-refractivity contribution in [2.45, 2.75) is 6.54 Å². The highest BCUT2D eigenvalue weighted by Crippen LogP contribution is 2.17. The van der Waals surface area contributed by atoms with Crippen LogP contribution in [0, 0.1) is 0 Å². The summed E-state index contributed by atoms with van der Waals surface area (Å²) in [5.74, 6) is 0.0219. The van der Waals surface area contributed by atoms with Crippen LogP contribution >= 0.6 is 0 Å². The molecule has 0 atom stereocenters. The van der Waals surface area contributed by atoms with Crippen LogP contribution < -0.4 is 0 Å². The molecule has 0 N–H and O–H groups in total. The number of hydrogen-bond donors (Lipinski definition) is 0. The van der Waals surface area contributed by atoms with Crippen molar-refractivity contribution >= 4 is 5.78 Å². The van der Waals surface area contributed by atoms with Crippen molar-refractivity contribution in [1.29, 1.82) is 0 Å². The number of carbonyl (C=O) groups excluding carboxylic acids is 1. The first kappa shape index (κ1) is 14.1. The van der Waals surface area contributed by atoms with E-state index in [-0.39, 0.29) is 5.78 Å². The summed E-state index contributed by atoms with van der Waals surface area (Å²) in [6.45, 7) is 0.746. The summed E-state index contributed by atoms with van der Waals surface area (Å²) in [5, 5.41) is 0. The van der Waals surface area contributed by atoms with Gasteiger partial charge in [-0.15, -0.1) is 0 Å². The first-order chi connectivity index (χ1) is 10.8. The molecular formula is C20H17NO. The van der Waals surface area contributed by atoms with Crippen LogP contribution in [0.15, 0.2) is 96.9 Å². The number of benzene rings is 2. The number of carbonyl (C=O) groups is 1. The minimum absolute atomic E-state index is 0.0219. The van der Waals surface area contributed by atoms with Crippen molar-refractivity contribution in [3.05, 3.63) is 108 Å². The monoisotopic (exact) mass is 287 g/mol. The van der Waals surface area contributed by atoms with Gasteiger partial charge in [-0.3, -0.25) is 4.79 Å². The molecule has 2 nitrogen and oxygen atoms in total. The van der Waals surface area contributed by atoms with Crippen LogP contribution in [0.2, 0.25) is 0 Å². The van der Waals surface area contributed by atoms with Gasteiger partial charge >= 0.3 is 0 Å². The van der Waals surface area contributed by atoms with Gasteiger partial charge in [-0.2, -0.15) is 0 Å². The van der Waals surface area contributed by atoms with E-state index in [1.807, 2.05) is 73.0 Å². The molecule has 0 unspecified atom stereocenters. The van der Waals surface area contributed by atoms with Crippen LogP contribution in [-0.2, 0) is 6.54 Å². The first-order valence-electron chi connectivity index (χ1n) is 7.29. The number of allylic oxidation sites excluding steroid dienone is 4. The molecule has 108 valence electrons. The largest absolute Gasteiger partial charge is 0.343 e. The number of nitrogens with zero attached hydrogens (tertiary/aromatic N) is 1. The normalized spacial score (nSPS) is 15.3. The van der Waals surface area contributed by atoms with Crippen LogP contribution in [0.4, 0.5) is 0 Å². The minimum Gasteiger partial charge on any atom is -0.343 e. The lowest BCUT2D eigenvalue weighted by atomic mass is 10.1. The molecule has 1 aliphatic heterocycles. The molecule has 2 heteroatoms. The summed E-state index contributed by atoms with van der Waals surface area (Å²) in [4.78, 5) is 14.4. The third-order valence-corrected chi connectivity index (χ3v) is 3.51. The van der Waals surface area contributed by atoms with Crippen LogP contribution in [-0.4, -0.2) is 10.7 Å². The third kappa shape index (κ3) is 3.41. The van der Waals surface area contributed by atoms with Gasteiger partial charge in [0, 0.05) is 30.1 Å². The molecule has 3 rings (SSSR count). The Balaban J connectivity index is 1.81. The van der Waals surface area contributed by atoms with Gasteiger partial charge in [-0.05, 0) is 17.7 Å². The Hall–Kier alpha value is -2.87. The lowest BCUT2D eigenvalue weighted by Crippen LogP contribution is -2.17. The second-order valence-corrected chi connectivity index (χ2v) is 5.11. The Morgan fingerprint density at radius 1 is 0.909 bits per heavy atom. The minimum atomic E-state index is 0.0219. The second kappa shape index (κ2) is 6.72. The molecule has 1 aliphatic rings. The van der Waals surface area contributed by atoms with Crippen molar-refractivity contribution in [1.82, 2.24) is 4.90 Å². The molecular weight excluding hydrogens is 270 g/mol. The molecule has 2 aromatic rings. The van der Waals surface area contributed by atoms with Crippen molar-refractivity contribution in [3.63, 3.8) is 0 Å². The van der Waals surface area contributed by atoms with Crippen molar-refractivity contribution in [3.8, 4) is 0 Å². The van der Waals surface area contributed by atoms with Gasteiger partial charge in [0.1, 0.15) is 0 Å². The fraction of sp³-hybridized carbons (Fsp3) is 0.0500. The third-order valence-electron chi connectivity index (χ3n) is 3.51. The summed E-state index contributed by atoms with van der Waals surface area (Å²) in [6.07, 6.45) is 9.58. The molecule has 0 saturated heterocycles. The average Bonchev–Trinajstić information content (AvgIpc) is 2.58. The molecule has 22 heavy (non-hydrogen) atoms. The molecule has 0 spiro atoms. The zero-order valence-electron chi connectivity index (χ0n) is 12.2. The molecule has 0 fully saturated rings. The molecule has 0 saturated carbocycles. The topological polar surface area (TPSA) is 20.3 Å². The van der Waals surface area contributed by atoms with E-state index in [1.165, 1.54) is 5.56 Å². The van der Waals surface area contributed by atoms with Gasteiger partial charge < -0.3 is 4.90 Å². The zero-order chi connectivity index (χ0) is 15.2. The van der Waals surface area contributed by atoms with E-state index in [0.717, 1.165) is 12.2 Å². The maximum Gasteiger partial charge on any atom is 0.187 e. The van der Waals surface area contributed by atoms with Gasteiger partial charge in [0.2, 0.25) is 0 Å². The van der Waals surface area contributed by atoms with Gasteiger partial charge in [0.05, 0.1) is 0 Å². The van der Waals surface area contributed by atoms with Crippen molar-refractivity contribution in [2.75, 3.05) is 0 Å². The van der Waals surface area contributed by atoms with E-state index < -0.39 is 0 Å². The van der Waals surface area contributed by atoms with E-state index >= 15 is 0 Å². The standard InChI is InChI=1S/C20H17NO/c22-20(18-11-5-2-6-12-18)15-19-13-7-8-14-21(19)16-17-9-3-1-4-10-17/h1-15H,16H2. The average molecular weight is 287 g/mol. The highest BCUT2D eigenvalue weighted by atomic mass is 16.1. The molecule has 1 heterocycles. The molecule has 0 bridgehead atoms. The molecule has 0 radical (unpaired) electrons. The Morgan fingerprint density at radius 2 is 1.59 bits per heavy atom. The van der Waals surface area contributed by atoms with Crippen LogP contribution in [0.25, 0.3) is 0 Å². The lowest BCUT2D eigenvalue weighted by Gasteiger charge is -2.23. The second-order valence-electron chi connectivity index (χ2n) is 5.11. The zero-order valence-corrected chi connectivity index (χ0v) is 12.2. The van der Waals surface area contributed by atoms with E-state index in [2.05, 4.69) is 17.0 Å². The van der Waals surface area contributed by atoms with Gasteiger partial charge in [0.15, 0.2) is 5.78 Å². The Kier molecular flexibility index (Phi) is 4.30. The smallest absolute Gasteiger partial charge is 0.187 e. The van der Waals surface area contributed by atoms with E-state index in [0.29, 0.717) is 5.56 Å². The highest BCUT2D eigenvalue weighted by molar-refractivity contribution is 6.05. The summed E-state index contributed by atoms with van der Waals surface area (Å²) in [6, 6.07) is 19.6. The maximum atomic E-state index is 12.3. The quantitative estimate of drug-likeness (QED) is 0.616. The summed E-state index contributed by atoms with van der Waals surface area (Å²) in [5.41, 5.74) is 2.82. The van der Waals surface area contributed by atoms with Gasteiger partial charge in [0.25, 0.3) is 0 Å². The van der Waals surface area contributed by atoms with E-state index in [9.17, 15) is 4.79 Å². The van der Waals surface area contributed by atoms with Crippen LogP contribution in [0.3, 0.4) is 0 Å². The predicted molar refractivity (Wildman–Crippen MR) is 89.1 cm³/mol. The fourth-order valence-corrected chi connectivity index (χ4v) is 2.36. The molecule has 2 aromatic carbocycles. The Morgan fingerprint density at radius 3 is 2.32 bits per heavy atom. The Bertz CT molecular complexity index is 727. The predicted octanol–water partition coefficient (Wildman–Crippen LogP) is 4.34. The summed E-state index contributed by atoms with van der Waals surface area (Å²) < 4.78 is 0. The van der Waals surface area contributed by atoms with Gasteiger partial charge in [-0.1, -0.05) is 66.7 Å². The highest BCUT2D eigenvalue weighted by Gasteiger charge is 2.10. The molecule has 0 amide bonds. The van der Waals surface area contributed by atoms with Crippen molar-refractivity contribution < 1.29 is 4.79 Å². The van der Waals surface area contributed by atoms with Crippen LogP contribution in [0.5, 0.6) is 0 Å². The lowest BCUT2D eigenvalue weighted by molar-refractivity contribution is 0.104. The Labute approximate surface area is 130 Å². The first-order valence-corrected chi connectivity index (χ1v) is 7.29. The summed E-state index contributed by atoms with van der Waals surface area (Å²) in [7, 11) is 0. The fourth-order valence-electron chi connectivity index (χ4n) is 2.36. The molecule has 0 aromatic heterocycles. The number of hydrogen-bond acceptors (Lipinski definition) is 2. The molecule has 0 aliphatic carbocycles. The maximum absolute atomic E-state index is 12.3. The van der Waals surface area contributed by atoms with Gasteiger partial charge in [-0.25, -0.2) is 0 Å². The van der Waals surface area contributed by atoms with E-state index in [1.54, 1.807) is 6.08 Å². The van der Waals surface area contributed by atoms with Crippen molar-refractivity contribution in [2.24, 2.45) is 0 Å². The van der Waals surface area contributed by atoms with E-state index in [4.69, 9.17) is 0 Å². The number of ketones is 1. The number of rotatable bonds is 4. The van der Waals surface area contributed by atoms with Crippen LogP contribution in [0.1, 0.15) is 15.9 Å². The summed E-state index contributed by atoms with van der Waals surface area (Å²) >= 11 is 0. The SMILES string of the molecule is O=C(C=C1C=CC=CN1Cc1ccccc1)c1ccccc1.